The molecule has 3 aromatic rings. The van der Waals surface area contributed by atoms with Crippen molar-refractivity contribution >= 4 is 40.2 Å². The second-order valence-corrected chi connectivity index (χ2v) is 7.96. The zero-order valence-electron chi connectivity index (χ0n) is 14.8. The molecule has 2 heterocycles. The molecule has 0 saturated carbocycles. The third-order valence-electron chi connectivity index (χ3n) is 3.73. The SMILES string of the molecule is CC(C)CSCc1ccnc(NCc2cc3cc(Cl)ccc3[nH]c2=O)n1. The molecule has 0 fully saturated rings. The number of nitrogens with one attached hydrogen (secondary N) is 2. The van der Waals surface area contributed by atoms with Crippen molar-refractivity contribution in [3.05, 3.63) is 63.2 Å². The summed E-state index contributed by atoms with van der Waals surface area (Å²) < 4.78 is 0. The Kier molecular flexibility index (Phi) is 6.16. The first kappa shape index (κ1) is 18.7. The molecule has 5 nitrogen and oxygen atoms in total. The number of pyridine rings is 1. The van der Waals surface area contributed by atoms with Gasteiger partial charge < -0.3 is 10.3 Å². The average molecular weight is 389 g/mol. The minimum Gasteiger partial charge on any atom is -0.350 e. The molecule has 0 radical (unpaired) electrons. The van der Waals surface area contributed by atoms with Crippen LogP contribution in [-0.2, 0) is 12.3 Å². The van der Waals surface area contributed by atoms with Gasteiger partial charge in [0.2, 0.25) is 5.95 Å². The summed E-state index contributed by atoms with van der Waals surface area (Å²) >= 11 is 7.89. The number of aromatic nitrogens is 3. The third kappa shape index (κ3) is 4.99. The molecule has 0 aliphatic rings. The lowest BCUT2D eigenvalue weighted by molar-refractivity contribution is 0.750. The van der Waals surface area contributed by atoms with Gasteiger partial charge in [-0.2, -0.15) is 11.8 Å². The molecule has 136 valence electrons. The van der Waals surface area contributed by atoms with Crippen LogP contribution in [0.5, 0.6) is 0 Å². The molecule has 7 heteroatoms. The second-order valence-electron chi connectivity index (χ2n) is 6.49. The molecule has 0 saturated heterocycles. The van der Waals surface area contributed by atoms with Crippen LogP contribution in [0.1, 0.15) is 25.1 Å². The Morgan fingerprint density at radius 3 is 2.92 bits per heavy atom. The summed E-state index contributed by atoms with van der Waals surface area (Å²) in [6, 6.07) is 9.16. The fraction of sp³-hybridized carbons (Fsp3) is 0.316. The number of H-pyrrole nitrogens is 1. The van der Waals surface area contributed by atoms with E-state index in [4.69, 9.17) is 11.6 Å². The van der Waals surface area contributed by atoms with E-state index in [1.54, 1.807) is 18.3 Å². The first-order valence-electron chi connectivity index (χ1n) is 8.46. The fourth-order valence-electron chi connectivity index (χ4n) is 2.49. The molecule has 3 rings (SSSR count). The van der Waals surface area contributed by atoms with Gasteiger partial charge in [-0.05, 0) is 42.0 Å². The first-order chi connectivity index (χ1) is 12.5. The maximum Gasteiger partial charge on any atom is 0.253 e. The van der Waals surface area contributed by atoms with E-state index in [-0.39, 0.29) is 5.56 Å². The molecule has 0 aliphatic carbocycles. The van der Waals surface area contributed by atoms with Gasteiger partial charge in [0.05, 0.1) is 5.69 Å². The lowest BCUT2D eigenvalue weighted by Gasteiger charge is -2.08. The van der Waals surface area contributed by atoms with E-state index in [2.05, 4.69) is 34.1 Å². The van der Waals surface area contributed by atoms with Crippen LogP contribution >= 0.6 is 23.4 Å². The van der Waals surface area contributed by atoms with Crippen LogP contribution in [0.15, 0.2) is 41.3 Å². The number of fused-ring (bicyclic) bond motifs is 1. The molecule has 2 N–H and O–H groups in total. The molecular formula is C19H21ClN4OS. The summed E-state index contributed by atoms with van der Waals surface area (Å²) in [6.07, 6.45) is 1.74. The number of halogens is 1. The number of hydrogen-bond acceptors (Lipinski definition) is 5. The molecule has 26 heavy (non-hydrogen) atoms. The highest BCUT2D eigenvalue weighted by molar-refractivity contribution is 7.98. The van der Waals surface area contributed by atoms with Crippen LogP contribution in [0.3, 0.4) is 0 Å². The zero-order valence-corrected chi connectivity index (χ0v) is 16.3. The van der Waals surface area contributed by atoms with Crippen molar-refractivity contribution in [1.29, 1.82) is 0 Å². The Morgan fingerprint density at radius 2 is 2.12 bits per heavy atom. The normalized spacial score (nSPS) is 11.2. The molecule has 1 aromatic carbocycles. The fourth-order valence-corrected chi connectivity index (χ4v) is 3.63. The van der Waals surface area contributed by atoms with Gasteiger partial charge >= 0.3 is 0 Å². The smallest absolute Gasteiger partial charge is 0.253 e. The van der Waals surface area contributed by atoms with E-state index in [0.717, 1.165) is 28.1 Å². The number of anilines is 1. The van der Waals surface area contributed by atoms with Crippen molar-refractivity contribution in [1.82, 2.24) is 15.0 Å². The predicted molar refractivity (Wildman–Crippen MR) is 110 cm³/mol. The van der Waals surface area contributed by atoms with Gasteiger partial charge in [-0.25, -0.2) is 9.97 Å². The minimum absolute atomic E-state index is 0.129. The van der Waals surface area contributed by atoms with E-state index >= 15 is 0 Å². The van der Waals surface area contributed by atoms with Gasteiger partial charge in [-0.15, -0.1) is 0 Å². The highest BCUT2D eigenvalue weighted by Gasteiger charge is 2.06. The van der Waals surface area contributed by atoms with Crippen LogP contribution in [0.2, 0.25) is 5.02 Å². The Bertz CT molecular complexity index is 958. The molecule has 0 bridgehead atoms. The van der Waals surface area contributed by atoms with E-state index in [9.17, 15) is 4.79 Å². The van der Waals surface area contributed by atoms with E-state index in [1.807, 2.05) is 30.0 Å². The Balaban J connectivity index is 1.70. The predicted octanol–water partition coefficient (Wildman–Crippen LogP) is 4.47. The zero-order chi connectivity index (χ0) is 18.5. The molecule has 0 unspecified atom stereocenters. The van der Waals surface area contributed by atoms with Gasteiger partial charge in [0.15, 0.2) is 0 Å². The summed E-state index contributed by atoms with van der Waals surface area (Å²) in [4.78, 5) is 23.9. The minimum atomic E-state index is -0.129. The summed E-state index contributed by atoms with van der Waals surface area (Å²) in [6.45, 7) is 4.75. The number of rotatable bonds is 7. The maximum absolute atomic E-state index is 12.2. The molecule has 0 amide bonds. The van der Waals surface area contributed by atoms with Crippen LogP contribution in [-0.4, -0.2) is 20.7 Å². The van der Waals surface area contributed by atoms with Crippen LogP contribution in [0.25, 0.3) is 10.9 Å². The van der Waals surface area contributed by atoms with Crippen LogP contribution < -0.4 is 10.9 Å². The molecule has 0 atom stereocenters. The lowest BCUT2D eigenvalue weighted by atomic mass is 10.1. The number of benzene rings is 1. The number of thioether (sulfide) groups is 1. The van der Waals surface area contributed by atoms with Crippen molar-refractivity contribution in [2.45, 2.75) is 26.1 Å². The standard InChI is InChI=1S/C19H21ClN4OS/c1-12(2)10-26-11-16-5-6-21-19(23-16)22-9-14-7-13-8-15(20)3-4-17(13)24-18(14)25/h3-8,12H,9-11H2,1-2H3,(H,24,25)(H,21,22,23). The van der Waals surface area contributed by atoms with Gasteiger partial charge in [-0.3, -0.25) is 4.79 Å². The molecular weight excluding hydrogens is 368 g/mol. The Morgan fingerprint density at radius 1 is 1.27 bits per heavy atom. The summed E-state index contributed by atoms with van der Waals surface area (Å²) in [5, 5.41) is 4.67. The number of hydrogen-bond donors (Lipinski definition) is 2. The maximum atomic E-state index is 12.2. The van der Waals surface area contributed by atoms with Crippen molar-refractivity contribution in [3.8, 4) is 0 Å². The van der Waals surface area contributed by atoms with Crippen LogP contribution in [0, 0.1) is 5.92 Å². The number of aromatic amines is 1. The quantitative estimate of drug-likeness (QED) is 0.624. The van der Waals surface area contributed by atoms with Crippen LogP contribution in [0.4, 0.5) is 5.95 Å². The Hall–Kier alpha value is -2.05. The lowest BCUT2D eigenvalue weighted by Crippen LogP contribution is -2.16. The van der Waals surface area contributed by atoms with Crippen molar-refractivity contribution in [2.24, 2.45) is 5.92 Å². The van der Waals surface area contributed by atoms with Gasteiger partial charge in [0.25, 0.3) is 5.56 Å². The van der Waals surface area contributed by atoms with Crippen molar-refractivity contribution < 1.29 is 0 Å². The van der Waals surface area contributed by atoms with E-state index in [1.165, 1.54) is 0 Å². The third-order valence-corrected chi connectivity index (χ3v) is 5.37. The topological polar surface area (TPSA) is 70.7 Å². The van der Waals surface area contributed by atoms with Crippen molar-refractivity contribution in [2.75, 3.05) is 11.1 Å². The summed E-state index contributed by atoms with van der Waals surface area (Å²) in [7, 11) is 0. The van der Waals surface area contributed by atoms with Gasteiger partial charge in [0.1, 0.15) is 0 Å². The molecule has 0 spiro atoms. The monoisotopic (exact) mass is 388 g/mol. The first-order valence-corrected chi connectivity index (χ1v) is 9.99. The van der Waals surface area contributed by atoms with Gasteiger partial charge in [0, 0.05) is 40.0 Å². The largest absolute Gasteiger partial charge is 0.350 e. The molecule has 0 aliphatic heterocycles. The number of nitrogens with zero attached hydrogens (tertiary/aromatic N) is 2. The highest BCUT2D eigenvalue weighted by atomic mass is 35.5. The Labute approximate surface area is 161 Å². The van der Waals surface area contributed by atoms with E-state index < -0.39 is 0 Å². The molecule has 2 aromatic heterocycles. The van der Waals surface area contributed by atoms with Crippen molar-refractivity contribution in [3.63, 3.8) is 0 Å². The van der Waals surface area contributed by atoms with Gasteiger partial charge in [-0.1, -0.05) is 25.4 Å². The second kappa shape index (κ2) is 8.56. The van der Waals surface area contributed by atoms with E-state index in [0.29, 0.717) is 29.0 Å². The summed E-state index contributed by atoms with van der Waals surface area (Å²) in [5.41, 5.74) is 2.23. The average Bonchev–Trinajstić information content (AvgIpc) is 2.60. The summed E-state index contributed by atoms with van der Waals surface area (Å²) in [5.74, 6) is 3.14. The highest BCUT2D eigenvalue weighted by Crippen LogP contribution is 2.18.